The molecular weight excluding hydrogens is 336 g/mol. The molecule has 0 aliphatic rings. The van der Waals surface area contributed by atoms with E-state index >= 15 is 0 Å². The van der Waals surface area contributed by atoms with Gasteiger partial charge in [-0.2, -0.15) is 0 Å². The highest BCUT2D eigenvalue weighted by Crippen LogP contribution is 2.17. The summed E-state index contributed by atoms with van der Waals surface area (Å²) in [5.74, 6) is -0.460. The zero-order chi connectivity index (χ0) is 17.6. The highest BCUT2D eigenvalue weighted by molar-refractivity contribution is 7.15. The Morgan fingerprint density at radius 3 is 2.16 bits per heavy atom. The maximum absolute atomic E-state index is 12.2. The van der Waals surface area contributed by atoms with Crippen LogP contribution < -0.4 is 10.6 Å². The van der Waals surface area contributed by atoms with Crippen LogP contribution in [0.3, 0.4) is 0 Å². The van der Waals surface area contributed by atoms with Crippen molar-refractivity contribution in [3.8, 4) is 0 Å². The monoisotopic (exact) mass is 352 g/mol. The second-order valence-corrected chi connectivity index (χ2v) is 6.27. The van der Waals surface area contributed by atoms with Crippen molar-refractivity contribution < 1.29 is 9.59 Å². The summed E-state index contributed by atoms with van der Waals surface area (Å²) in [6, 6.07) is 15.6. The van der Waals surface area contributed by atoms with Gasteiger partial charge in [-0.15, -0.1) is 10.2 Å². The Hall–Kier alpha value is -3.06. The molecule has 0 unspecified atom stereocenters. The Morgan fingerprint density at radius 1 is 0.880 bits per heavy atom. The summed E-state index contributed by atoms with van der Waals surface area (Å²) in [5, 5.41) is 14.7. The van der Waals surface area contributed by atoms with Gasteiger partial charge in [-0.25, -0.2) is 0 Å². The van der Waals surface area contributed by atoms with Gasteiger partial charge in [0.25, 0.3) is 11.8 Å². The van der Waals surface area contributed by atoms with Gasteiger partial charge < -0.3 is 5.32 Å². The lowest BCUT2D eigenvalue weighted by molar-refractivity contribution is 0.102. The quantitative estimate of drug-likeness (QED) is 0.735. The largest absolute Gasteiger partial charge is 0.322 e. The van der Waals surface area contributed by atoms with Crippen LogP contribution in [0.1, 0.15) is 32.6 Å². The molecule has 0 atom stereocenters. The van der Waals surface area contributed by atoms with E-state index in [0.717, 1.165) is 11.4 Å². The van der Waals surface area contributed by atoms with Crippen molar-refractivity contribution in [1.29, 1.82) is 0 Å². The molecule has 0 bridgehead atoms. The number of carbonyl (C=O) groups is 2. The predicted octanol–water partition coefficient (Wildman–Crippen LogP) is 3.61. The van der Waals surface area contributed by atoms with Crippen molar-refractivity contribution >= 4 is 34.0 Å². The third kappa shape index (κ3) is 4.27. The van der Waals surface area contributed by atoms with Crippen LogP contribution in [0.15, 0.2) is 54.6 Å². The maximum atomic E-state index is 12.2. The van der Waals surface area contributed by atoms with Crippen LogP contribution in [-0.2, 0) is 6.42 Å². The molecule has 1 heterocycles. The average Bonchev–Trinajstić information content (AvgIpc) is 3.10. The molecule has 0 aliphatic carbocycles. The van der Waals surface area contributed by atoms with Gasteiger partial charge >= 0.3 is 0 Å². The van der Waals surface area contributed by atoms with Crippen molar-refractivity contribution in [1.82, 2.24) is 10.2 Å². The molecule has 6 nitrogen and oxygen atoms in total. The third-order valence-corrected chi connectivity index (χ3v) is 4.41. The van der Waals surface area contributed by atoms with Gasteiger partial charge in [-0.1, -0.05) is 36.5 Å². The lowest BCUT2D eigenvalue weighted by Crippen LogP contribution is -2.13. The van der Waals surface area contributed by atoms with E-state index in [2.05, 4.69) is 20.8 Å². The summed E-state index contributed by atoms with van der Waals surface area (Å²) >= 11 is 1.35. The van der Waals surface area contributed by atoms with Crippen LogP contribution in [0.4, 0.5) is 10.8 Å². The van der Waals surface area contributed by atoms with Gasteiger partial charge in [0, 0.05) is 16.8 Å². The molecule has 25 heavy (non-hydrogen) atoms. The molecule has 0 saturated carbocycles. The molecule has 0 aliphatic heterocycles. The first-order valence-corrected chi connectivity index (χ1v) is 8.57. The number of nitrogens with one attached hydrogen (secondary N) is 2. The number of anilines is 2. The first-order chi connectivity index (χ1) is 12.2. The van der Waals surface area contributed by atoms with E-state index in [-0.39, 0.29) is 11.8 Å². The molecule has 3 aromatic rings. The van der Waals surface area contributed by atoms with Gasteiger partial charge in [0.15, 0.2) is 0 Å². The third-order valence-electron chi connectivity index (χ3n) is 3.43. The second-order valence-electron chi connectivity index (χ2n) is 5.21. The lowest BCUT2D eigenvalue weighted by Gasteiger charge is -2.06. The highest BCUT2D eigenvalue weighted by atomic mass is 32.1. The minimum Gasteiger partial charge on any atom is -0.322 e. The van der Waals surface area contributed by atoms with Gasteiger partial charge in [0.1, 0.15) is 5.01 Å². The number of amides is 2. The van der Waals surface area contributed by atoms with E-state index in [4.69, 9.17) is 0 Å². The Balaban J connectivity index is 1.63. The molecule has 0 radical (unpaired) electrons. The fourth-order valence-electron chi connectivity index (χ4n) is 2.11. The lowest BCUT2D eigenvalue weighted by atomic mass is 10.1. The fourth-order valence-corrected chi connectivity index (χ4v) is 2.79. The first-order valence-electron chi connectivity index (χ1n) is 7.76. The maximum Gasteiger partial charge on any atom is 0.257 e. The number of hydrogen-bond acceptors (Lipinski definition) is 5. The Morgan fingerprint density at radius 2 is 1.52 bits per heavy atom. The summed E-state index contributed by atoms with van der Waals surface area (Å²) in [6.07, 6.45) is 0.781. The normalized spacial score (nSPS) is 10.3. The SMILES string of the molecule is CCc1nnc(NC(=O)c2ccc(NC(=O)c3ccccc3)cc2)s1. The minimum atomic E-state index is -0.264. The summed E-state index contributed by atoms with van der Waals surface area (Å²) in [6.45, 7) is 1.98. The summed E-state index contributed by atoms with van der Waals surface area (Å²) in [5.41, 5.74) is 1.67. The van der Waals surface area contributed by atoms with Crippen molar-refractivity contribution in [3.63, 3.8) is 0 Å². The number of carbonyl (C=O) groups excluding carboxylic acids is 2. The number of benzene rings is 2. The van der Waals surface area contributed by atoms with E-state index < -0.39 is 0 Å². The molecule has 1 aromatic heterocycles. The van der Waals surface area contributed by atoms with E-state index in [1.807, 2.05) is 13.0 Å². The molecule has 7 heteroatoms. The average molecular weight is 352 g/mol. The number of nitrogens with zero attached hydrogens (tertiary/aromatic N) is 2. The van der Waals surface area contributed by atoms with E-state index in [0.29, 0.717) is 21.9 Å². The van der Waals surface area contributed by atoms with Crippen molar-refractivity contribution in [2.45, 2.75) is 13.3 Å². The van der Waals surface area contributed by atoms with Gasteiger partial charge in [-0.3, -0.25) is 14.9 Å². The van der Waals surface area contributed by atoms with E-state index in [1.54, 1.807) is 48.5 Å². The second kappa shape index (κ2) is 7.67. The summed E-state index contributed by atoms with van der Waals surface area (Å²) in [4.78, 5) is 24.3. The predicted molar refractivity (Wildman–Crippen MR) is 98.1 cm³/mol. The smallest absolute Gasteiger partial charge is 0.257 e. The van der Waals surface area contributed by atoms with Crippen molar-refractivity contribution in [2.75, 3.05) is 10.6 Å². The van der Waals surface area contributed by atoms with Crippen LogP contribution in [0.2, 0.25) is 0 Å². The van der Waals surface area contributed by atoms with Gasteiger partial charge in [0.05, 0.1) is 0 Å². The molecule has 0 fully saturated rings. The molecule has 2 aromatic carbocycles. The van der Waals surface area contributed by atoms with Crippen molar-refractivity contribution in [3.05, 3.63) is 70.7 Å². The highest BCUT2D eigenvalue weighted by Gasteiger charge is 2.10. The van der Waals surface area contributed by atoms with Crippen LogP contribution in [0, 0.1) is 0 Å². The van der Waals surface area contributed by atoms with Crippen LogP contribution in [0.25, 0.3) is 0 Å². The van der Waals surface area contributed by atoms with Gasteiger partial charge in [0.2, 0.25) is 5.13 Å². The van der Waals surface area contributed by atoms with Crippen molar-refractivity contribution in [2.24, 2.45) is 0 Å². The van der Waals surface area contributed by atoms with E-state index in [1.165, 1.54) is 11.3 Å². The van der Waals surface area contributed by atoms with Crippen LogP contribution in [-0.4, -0.2) is 22.0 Å². The number of aryl methyl sites for hydroxylation is 1. The molecule has 2 amide bonds. The molecule has 126 valence electrons. The Kier molecular flexibility index (Phi) is 5.15. The molecule has 0 saturated heterocycles. The number of hydrogen-bond donors (Lipinski definition) is 2. The summed E-state index contributed by atoms with van der Waals surface area (Å²) < 4.78 is 0. The first kappa shape index (κ1) is 16.8. The van der Waals surface area contributed by atoms with Crippen LogP contribution in [0.5, 0.6) is 0 Å². The Labute approximate surface area is 148 Å². The number of rotatable bonds is 5. The minimum absolute atomic E-state index is 0.196. The number of aromatic nitrogens is 2. The van der Waals surface area contributed by atoms with Crippen LogP contribution >= 0.6 is 11.3 Å². The zero-order valence-electron chi connectivity index (χ0n) is 13.5. The molecule has 0 spiro atoms. The molecule has 2 N–H and O–H groups in total. The zero-order valence-corrected chi connectivity index (χ0v) is 14.3. The van der Waals surface area contributed by atoms with Gasteiger partial charge in [-0.05, 0) is 42.8 Å². The standard InChI is InChI=1S/C18H16N4O2S/c1-2-15-21-22-18(25-15)20-17(24)13-8-10-14(11-9-13)19-16(23)12-6-4-3-5-7-12/h3-11H,2H2,1H3,(H,19,23)(H,20,22,24). The molecular formula is C18H16N4O2S. The van der Waals surface area contributed by atoms with E-state index in [9.17, 15) is 9.59 Å². The topological polar surface area (TPSA) is 84.0 Å². The molecule has 3 rings (SSSR count). The summed E-state index contributed by atoms with van der Waals surface area (Å²) in [7, 11) is 0. The Bertz CT molecular complexity index is 876. The fraction of sp³-hybridized carbons (Fsp3) is 0.111.